The third-order valence-corrected chi connectivity index (χ3v) is 4.88. The number of thiocarbonyl (C=S) groups is 1. The van der Waals surface area contributed by atoms with Crippen LogP contribution in [-0.2, 0) is 6.54 Å². The molecule has 0 aliphatic carbocycles. The Morgan fingerprint density at radius 3 is 2.38 bits per heavy atom. The molecule has 3 rings (SSSR count). The lowest BCUT2D eigenvalue weighted by Crippen LogP contribution is -2.40. The van der Waals surface area contributed by atoms with Gasteiger partial charge >= 0.3 is 0 Å². The minimum atomic E-state index is -0.133. The average Bonchev–Trinajstić information content (AvgIpc) is 2.74. The summed E-state index contributed by atoms with van der Waals surface area (Å²) in [6.45, 7) is 0.406. The van der Waals surface area contributed by atoms with E-state index >= 15 is 0 Å². The molecule has 0 unspecified atom stereocenters. The number of ether oxygens (including phenoxy) is 1. The molecule has 0 saturated carbocycles. The van der Waals surface area contributed by atoms with Crippen LogP contribution in [0.25, 0.3) is 0 Å². The van der Waals surface area contributed by atoms with Crippen LogP contribution in [0.15, 0.2) is 72.8 Å². The van der Waals surface area contributed by atoms with Gasteiger partial charge in [-0.3, -0.25) is 9.80 Å². The molecule has 0 aromatic heterocycles. The molecule has 0 saturated heterocycles. The minimum absolute atomic E-state index is 0.133. The molecule has 3 N–H and O–H groups in total. The summed E-state index contributed by atoms with van der Waals surface area (Å²) in [6, 6.07) is 21.5. The Morgan fingerprint density at radius 2 is 1.72 bits per heavy atom. The van der Waals surface area contributed by atoms with Gasteiger partial charge in [0.1, 0.15) is 5.75 Å². The Kier molecular flexibility index (Phi) is 6.82. The van der Waals surface area contributed by atoms with Crippen molar-refractivity contribution in [2.24, 2.45) is 5.84 Å². The van der Waals surface area contributed by atoms with Crippen LogP contribution in [0.5, 0.6) is 5.75 Å². The van der Waals surface area contributed by atoms with Crippen LogP contribution in [0.2, 0.25) is 5.02 Å². The Hall–Kier alpha value is -2.93. The summed E-state index contributed by atoms with van der Waals surface area (Å²) in [4.78, 5) is 12.9. The number of hydrazine groups is 1. The fraction of sp³-hybridized carbons (Fsp3) is 0.0909. The number of rotatable bonds is 6. The Balaban J connectivity index is 1.73. The van der Waals surface area contributed by atoms with E-state index in [-0.39, 0.29) is 5.78 Å². The zero-order valence-electron chi connectivity index (χ0n) is 15.8. The van der Waals surface area contributed by atoms with Gasteiger partial charge in [-0.1, -0.05) is 35.9 Å². The molecule has 7 heteroatoms. The maximum absolute atomic E-state index is 12.9. The number of carbonyl (C=O) groups is 1. The van der Waals surface area contributed by atoms with Crippen LogP contribution in [0.1, 0.15) is 21.5 Å². The van der Waals surface area contributed by atoms with Gasteiger partial charge in [-0.2, -0.15) is 0 Å². The highest BCUT2D eigenvalue weighted by Gasteiger charge is 2.15. The second kappa shape index (κ2) is 9.52. The van der Waals surface area contributed by atoms with Gasteiger partial charge in [0, 0.05) is 16.1 Å². The number of halogens is 1. The van der Waals surface area contributed by atoms with E-state index in [1.165, 1.54) is 5.01 Å². The van der Waals surface area contributed by atoms with E-state index in [1.807, 2.05) is 30.3 Å². The summed E-state index contributed by atoms with van der Waals surface area (Å²) < 4.78 is 5.16. The fourth-order valence-electron chi connectivity index (χ4n) is 2.73. The number of para-hydroxylation sites is 1. The predicted octanol–water partition coefficient (Wildman–Crippen LogP) is 4.65. The summed E-state index contributed by atoms with van der Waals surface area (Å²) in [6.07, 6.45) is 0. The van der Waals surface area contributed by atoms with Crippen molar-refractivity contribution in [2.75, 3.05) is 12.4 Å². The molecule has 5 nitrogen and oxygen atoms in total. The normalized spacial score (nSPS) is 10.3. The fourth-order valence-corrected chi connectivity index (χ4v) is 3.03. The van der Waals surface area contributed by atoms with Crippen molar-refractivity contribution in [3.05, 3.63) is 94.5 Å². The van der Waals surface area contributed by atoms with Gasteiger partial charge in [0.2, 0.25) is 0 Å². The Labute approximate surface area is 180 Å². The second-order valence-corrected chi connectivity index (χ2v) is 7.11. The SMILES string of the molecule is COc1ccc(CN(N)C(=S)Nc2ccccc2C(=O)c2ccc(Cl)cc2)cc1. The third kappa shape index (κ3) is 5.32. The van der Waals surface area contributed by atoms with Crippen LogP contribution in [-0.4, -0.2) is 23.0 Å². The van der Waals surface area contributed by atoms with E-state index < -0.39 is 0 Å². The van der Waals surface area contributed by atoms with Gasteiger partial charge in [0.25, 0.3) is 0 Å². The molecule has 0 fully saturated rings. The number of benzene rings is 3. The quantitative estimate of drug-likeness (QED) is 0.259. The first-order valence-electron chi connectivity index (χ1n) is 8.83. The van der Waals surface area contributed by atoms with Crippen LogP contribution >= 0.6 is 23.8 Å². The number of anilines is 1. The molecular weight excluding hydrogens is 406 g/mol. The van der Waals surface area contributed by atoms with Crippen LogP contribution < -0.4 is 15.9 Å². The van der Waals surface area contributed by atoms with E-state index in [1.54, 1.807) is 49.6 Å². The van der Waals surface area contributed by atoms with Crippen molar-refractivity contribution in [2.45, 2.75) is 6.54 Å². The Morgan fingerprint density at radius 1 is 1.07 bits per heavy atom. The molecule has 29 heavy (non-hydrogen) atoms. The molecule has 0 bridgehead atoms. The van der Waals surface area contributed by atoms with Crippen molar-refractivity contribution in [1.82, 2.24) is 5.01 Å². The van der Waals surface area contributed by atoms with Crippen molar-refractivity contribution in [1.29, 1.82) is 0 Å². The van der Waals surface area contributed by atoms with E-state index in [2.05, 4.69) is 5.32 Å². The summed E-state index contributed by atoms with van der Waals surface area (Å²) in [7, 11) is 1.62. The average molecular weight is 426 g/mol. The topological polar surface area (TPSA) is 67.6 Å². The van der Waals surface area contributed by atoms with Crippen molar-refractivity contribution in [3.63, 3.8) is 0 Å². The number of nitrogens with one attached hydrogen (secondary N) is 1. The van der Waals surface area contributed by atoms with Crippen molar-refractivity contribution >= 4 is 40.4 Å². The number of hydrogen-bond acceptors (Lipinski definition) is 4. The molecule has 0 heterocycles. The summed E-state index contributed by atoms with van der Waals surface area (Å²) in [5.74, 6) is 6.76. The first-order valence-corrected chi connectivity index (χ1v) is 9.62. The zero-order chi connectivity index (χ0) is 20.8. The highest BCUT2D eigenvalue weighted by molar-refractivity contribution is 7.80. The molecule has 0 amide bonds. The van der Waals surface area contributed by atoms with Gasteiger partial charge in [0.05, 0.1) is 19.3 Å². The second-order valence-electron chi connectivity index (χ2n) is 6.29. The smallest absolute Gasteiger partial charge is 0.195 e. The Bertz CT molecular complexity index is 1010. The first-order chi connectivity index (χ1) is 14.0. The summed E-state index contributed by atoms with van der Waals surface area (Å²) in [5.41, 5.74) is 2.60. The van der Waals surface area contributed by atoms with E-state index in [0.29, 0.717) is 33.5 Å². The maximum atomic E-state index is 12.9. The third-order valence-electron chi connectivity index (χ3n) is 4.29. The molecular formula is C22H20ClN3O2S. The standard InChI is InChI=1S/C22H20ClN3O2S/c1-28-18-12-6-15(7-13-18)14-26(24)22(29)25-20-5-3-2-4-19(20)21(27)16-8-10-17(23)11-9-16/h2-13H,14,24H2,1H3,(H,25,29). The van der Waals surface area contributed by atoms with Gasteiger partial charge < -0.3 is 10.1 Å². The number of ketones is 1. The van der Waals surface area contributed by atoms with E-state index in [4.69, 9.17) is 34.4 Å². The van der Waals surface area contributed by atoms with Crippen molar-refractivity contribution in [3.8, 4) is 5.75 Å². The molecule has 3 aromatic carbocycles. The monoisotopic (exact) mass is 425 g/mol. The van der Waals surface area contributed by atoms with Gasteiger partial charge in [0.15, 0.2) is 10.9 Å². The molecule has 148 valence electrons. The lowest BCUT2D eigenvalue weighted by Gasteiger charge is -2.21. The predicted molar refractivity (Wildman–Crippen MR) is 120 cm³/mol. The maximum Gasteiger partial charge on any atom is 0.195 e. The van der Waals surface area contributed by atoms with Gasteiger partial charge in [-0.15, -0.1) is 0 Å². The zero-order valence-corrected chi connectivity index (χ0v) is 17.3. The van der Waals surface area contributed by atoms with Crippen molar-refractivity contribution < 1.29 is 9.53 Å². The number of nitrogens with two attached hydrogens (primary N) is 1. The van der Waals surface area contributed by atoms with Crippen LogP contribution in [0.4, 0.5) is 5.69 Å². The minimum Gasteiger partial charge on any atom is -0.497 e. The van der Waals surface area contributed by atoms with Crippen LogP contribution in [0.3, 0.4) is 0 Å². The van der Waals surface area contributed by atoms with Gasteiger partial charge in [-0.25, -0.2) is 5.84 Å². The van der Waals surface area contributed by atoms with E-state index in [0.717, 1.165) is 11.3 Å². The molecule has 0 aliphatic heterocycles. The summed E-state index contributed by atoms with van der Waals surface area (Å²) in [5, 5.41) is 5.37. The largest absolute Gasteiger partial charge is 0.497 e. The lowest BCUT2D eigenvalue weighted by atomic mass is 10.0. The lowest BCUT2D eigenvalue weighted by molar-refractivity contribution is 0.103. The van der Waals surface area contributed by atoms with Gasteiger partial charge in [-0.05, 0) is 66.3 Å². The highest BCUT2D eigenvalue weighted by atomic mass is 35.5. The first kappa shape index (κ1) is 20.8. The number of hydrogen-bond donors (Lipinski definition) is 2. The molecule has 0 aliphatic rings. The number of nitrogens with zero attached hydrogens (tertiary/aromatic N) is 1. The highest BCUT2D eigenvalue weighted by Crippen LogP contribution is 2.21. The number of methoxy groups -OCH3 is 1. The molecule has 0 atom stereocenters. The summed E-state index contributed by atoms with van der Waals surface area (Å²) >= 11 is 11.3. The molecule has 0 spiro atoms. The molecule has 3 aromatic rings. The van der Waals surface area contributed by atoms with Crippen LogP contribution in [0, 0.1) is 0 Å². The number of carbonyl (C=O) groups excluding carboxylic acids is 1. The van der Waals surface area contributed by atoms with E-state index in [9.17, 15) is 4.79 Å². The molecule has 0 radical (unpaired) electrons.